The number of hydrogen-bond donors (Lipinski definition) is 1. The van der Waals surface area contributed by atoms with E-state index in [0.717, 1.165) is 24.5 Å². The number of ether oxygens (including phenoxy) is 2. The third-order valence-electron chi connectivity index (χ3n) is 2.72. The summed E-state index contributed by atoms with van der Waals surface area (Å²) in [5.41, 5.74) is 1.30. The maximum Gasteiger partial charge on any atom is 0.119 e. The number of rotatable bonds is 7. The molecule has 1 aromatic rings. The van der Waals surface area contributed by atoms with E-state index < -0.39 is 0 Å². The lowest BCUT2D eigenvalue weighted by Gasteiger charge is -2.23. The second-order valence-corrected chi connectivity index (χ2v) is 6.13. The van der Waals surface area contributed by atoms with Crippen LogP contribution in [0.3, 0.4) is 0 Å². The van der Waals surface area contributed by atoms with E-state index in [4.69, 9.17) is 9.47 Å². The molecule has 0 heterocycles. The van der Waals surface area contributed by atoms with Gasteiger partial charge in [-0.2, -0.15) is 0 Å². The first kappa shape index (κ1) is 16.0. The summed E-state index contributed by atoms with van der Waals surface area (Å²) in [6.45, 7) is 11.0. The Balaban J connectivity index is 2.37. The van der Waals surface area contributed by atoms with Crippen molar-refractivity contribution in [3.8, 4) is 5.75 Å². The van der Waals surface area contributed by atoms with Gasteiger partial charge < -0.3 is 14.8 Å². The van der Waals surface area contributed by atoms with Crippen molar-refractivity contribution in [3.63, 3.8) is 0 Å². The van der Waals surface area contributed by atoms with Gasteiger partial charge in [-0.1, -0.05) is 19.1 Å². The Morgan fingerprint density at radius 1 is 1.26 bits per heavy atom. The fourth-order valence-electron chi connectivity index (χ4n) is 1.67. The summed E-state index contributed by atoms with van der Waals surface area (Å²) in [5, 5.41) is 3.49. The van der Waals surface area contributed by atoms with Crippen molar-refractivity contribution in [2.45, 2.75) is 39.8 Å². The quantitative estimate of drug-likeness (QED) is 0.821. The van der Waals surface area contributed by atoms with Crippen molar-refractivity contribution in [3.05, 3.63) is 29.8 Å². The Kier molecular flexibility index (Phi) is 6.32. The summed E-state index contributed by atoms with van der Waals surface area (Å²) >= 11 is 0. The number of methoxy groups -OCH3 is 1. The normalized spacial score (nSPS) is 13.3. The van der Waals surface area contributed by atoms with Crippen LogP contribution in [0.25, 0.3) is 0 Å². The SMILES string of the molecule is COCc1cccc(OCC(C)CNC(C)(C)C)c1. The summed E-state index contributed by atoms with van der Waals surface area (Å²) in [4.78, 5) is 0. The summed E-state index contributed by atoms with van der Waals surface area (Å²) in [6.07, 6.45) is 0. The van der Waals surface area contributed by atoms with Gasteiger partial charge in [-0.05, 0) is 38.5 Å². The molecule has 0 spiro atoms. The first-order chi connectivity index (χ1) is 8.90. The molecule has 0 fully saturated rings. The van der Waals surface area contributed by atoms with Crippen LogP contribution >= 0.6 is 0 Å². The Hall–Kier alpha value is -1.06. The van der Waals surface area contributed by atoms with Crippen LogP contribution in [0.15, 0.2) is 24.3 Å². The van der Waals surface area contributed by atoms with Crippen molar-refractivity contribution in [1.82, 2.24) is 5.32 Å². The molecular weight excluding hydrogens is 238 g/mol. The molecule has 1 unspecified atom stereocenters. The zero-order valence-electron chi connectivity index (χ0n) is 12.8. The molecule has 0 aliphatic heterocycles. The Labute approximate surface area is 117 Å². The highest BCUT2D eigenvalue weighted by Gasteiger charge is 2.11. The summed E-state index contributed by atoms with van der Waals surface area (Å²) < 4.78 is 10.9. The molecule has 0 amide bonds. The van der Waals surface area contributed by atoms with Gasteiger partial charge in [-0.3, -0.25) is 0 Å². The van der Waals surface area contributed by atoms with Crippen molar-refractivity contribution in [1.29, 1.82) is 0 Å². The summed E-state index contributed by atoms with van der Waals surface area (Å²) in [5.74, 6) is 1.39. The van der Waals surface area contributed by atoms with Crippen LogP contribution in [0.1, 0.15) is 33.3 Å². The molecule has 3 nitrogen and oxygen atoms in total. The molecule has 3 heteroatoms. The van der Waals surface area contributed by atoms with Crippen molar-refractivity contribution < 1.29 is 9.47 Å². The van der Waals surface area contributed by atoms with E-state index in [-0.39, 0.29) is 5.54 Å². The van der Waals surface area contributed by atoms with Crippen LogP contribution in [0.5, 0.6) is 5.75 Å². The first-order valence-electron chi connectivity index (χ1n) is 6.86. The molecule has 0 saturated carbocycles. The minimum absolute atomic E-state index is 0.159. The van der Waals surface area contributed by atoms with Crippen LogP contribution < -0.4 is 10.1 Å². The molecule has 1 N–H and O–H groups in total. The van der Waals surface area contributed by atoms with Gasteiger partial charge in [0.1, 0.15) is 5.75 Å². The molecule has 0 aromatic heterocycles. The second-order valence-electron chi connectivity index (χ2n) is 6.13. The van der Waals surface area contributed by atoms with Gasteiger partial charge in [0.2, 0.25) is 0 Å². The molecule has 19 heavy (non-hydrogen) atoms. The van der Waals surface area contributed by atoms with Crippen molar-refractivity contribution >= 4 is 0 Å². The Bertz CT molecular complexity index is 371. The van der Waals surface area contributed by atoms with E-state index in [1.165, 1.54) is 0 Å². The van der Waals surface area contributed by atoms with Crippen molar-refractivity contribution in [2.75, 3.05) is 20.3 Å². The lowest BCUT2D eigenvalue weighted by molar-refractivity contribution is 0.184. The molecule has 0 saturated heterocycles. The van der Waals surface area contributed by atoms with Gasteiger partial charge in [0.25, 0.3) is 0 Å². The number of nitrogens with one attached hydrogen (secondary N) is 1. The van der Waals surface area contributed by atoms with E-state index in [1.54, 1.807) is 7.11 Å². The minimum atomic E-state index is 0.159. The smallest absolute Gasteiger partial charge is 0.119 e. The van der Waals surface area contributed by atoms with E-state index in [2.05, 4.69) is 33.0 Å². The predicted molar refractivity (Wildman–Crippen MR) is 79.6 cm³/mol. The maximum absolute atomic E-state index is 5.82. The average Bonchev–Trinajstić information content (AvgIpc) is 2.34. The summed E-state index contributed by atoms with van der Waals surface area (Å²) in [6, 6.07) is 8.07. The van der Waals surface area contributed by atoms with Crippen LogP contribution in [0, 0.1) is 5.92 Å². The van der Waals surface area contributed by atoms with Crippen LogP contribution in [-0.2, 0) is 11.3 Å². The molecule has 0 aliphatic carbocycles. The zero-order chi connectivity index (χ0) is 14.3. The number of benzene rings is 1. The molecule has 1 rings (SSSR count). The average molecular weight is 265 g/mol. The standard InChI is InChI=1S/C16H27NO2/c1-13(10-17-16(2,3)4)11-19-15-8-6-7-14(9-15)12-18-5/h6-9,13,17H,10-12H2,1-5H3. The molecule has 108 valence electrons. The van der Waals surface area contributed by atoms with Gasteiger partial charge in [0, 0.05) is 25.1 Å². The van der Waals surface area contributed by atoms with E-state index in [9.17, 15) is 0 Å². The van der Waals surface area contributed by atoms with Gasteiger partial charge >= 0.3 is 0 Å². The lowest BCUT2D eigenvalue weighted by atomic mass is 10.1. The molecule has 1 aromatic carbocycles. The molecular formula is C16H27NO2. The first-order valence-corrected chi connectivity index (χ1v) is 6.86. The highest BCUT2D eigenvalue weighted by atomic mass is 16.5. The van der Waals surface area contributed by atoms with Gasteiger partial charge in [-0.15, -0.1) is 0 Å². The van der Waals surface area contributed by atoms with Gasteiger partial charge in [-0.25, -0.2) is 0 Å². The zero-order valence-corrected chi connectivity index (χ0v) is 12.8. The van der Waals surface area contributed by atoms with E-state index in [1.807, 2.05) is 24.3 Å². The highest BCUT2D eigenvalue weighted by Crippen LogP contribution is 2.15. The molecule has 0 bridgehead atoms. The fraction of sp³-hybridized carbons (Fsp3) is 0.625. The Morgan fingerprint density at radius 3 is 2.63 bits per heavy atom. The largest absolute Gasteiger partial charge is 0.493 e. The predicted octanol–water partition coefficient (Wildman–Crippen LogP) is 3.24. The van der Waals surface area contributed by atoms with Crippen LogP contribution in [0.2, 0.25) is 0 Å². The third kappa shape index (κ3) is 7.19. The van der Waals surface area contributed by atoms with Crippen LogP contribution in [0.4, 0.5) is 0 Å². The maximum atomic E-state index is 5.82. The molecule has 0 aliphatic rings. The number of hydrogen-bond acceptors (Lipinski definition) is 3. The second kappa shape index (κ2) is 7.51. The van der Waals surface area contributed by atoms with E-state index >= 15 is 0 Å². The van der Waals surface area contributed by atoms with Crippen LogP contribution in [-0.4, -0.2) is 25.8 Å². The fourth-order valence-corrected chi connectivity index (χ4v) is 1.67. The van der Waals surface area contributed by atoms with Crippen molar-refractivity contribution in [2.24, 2.45) is 5.92 Å². The minimum Gasteiger partial charge on any atom is -0.493 e. The molecule has 1 atom stereocenters. The lowest BCUT2D eigenvalue weighted by Crippen LogP contribution is -2.39. The Morgan fingerprint density at radius 2 is 2.00 bits per heavy atom. The summed E-state index contributed by atoms with van der Waals surface area (Å²) in [7, 11) is 1.70. The van der Waals surface area contributed by atoms with Gasteiger partial charge in [0.15, 0.2) is 0 Å². The topological polar surface area (TPSA) is 30.5 Å². The third-order valence-corrected chi connectivity index (χ3v) is 2.72. The monoisotopic (exact) mass is 265 g/mol. The highest BCUT2D eigenvalue weighted by molar-refractivity contribution is 5.28. The van der Waals surface area contributed by atoms with E-state index in [0.29, 0.717) is 12.5 Å². The molecule has 0 radical (unpaired) electrons. The van der Waals surface area contributed by atoms with Gasteiger partial charge in [0.05, 0.1) is 13.2 Å².